The first kappa shape index (κ1) is 10.4. The molecule has 1 aliphatic heterocycles. The van der Waals surface area contributed by atoms with Gasteiger partial charge in [0.2, 0.25) is 0 Å². The number of amides is 2. The van der Waals surface area contributed by atoms with E-state index in [1.807, 2.05) is 18.0 Å². The summed E-state index contributed by atoms with van der Waals surface area (Å²) in [6.07, 6.45) is 3.53. The Hall–Kier alpha value is -1.10. The van der Waals surface area contributed by atoms with Gasteiger partial charge in [-0.3, -0.25) is 4.98 Å². The summed E-state index contributed by atoms with van der Waals surface area (Å²) < 4.78 is 0.944. The molecule has 2 rings (SSSR count). The lowest BCUT2D eigenvalue weighted by atomic mass is 10.3. The predicted octanol–water partition coefficient (Wildman–Crippen LogP) is 1.71. The van der Waals surface area contributed by atoms with Crippen molar-refractivity contribution in [3.63, 3.8) is 0 Å². The van der Waals surface area contributed by atoms with Crippen LogP contribution < -0.4 is 0 Å². The van der Waals surface area contributed by atoms with E-state index < -0.39 is 0 Å². The maximum absolute atomic E-state index is 11.6. The van der Waals surface area contributed by atoms with Crippen molar-refractivity contribution in [3.8, 4) is 0 Å². The molecule has 80 valence electrons. The summed E-state index contributed by atoms with van der Waals surface area (Å²) in [7, 11) is 1.82. The van der Waals surface area contributed by atoms with Gasteiger partial charge >= 0.3 is 6.03 Å². The van der Waals surface area contributed by atoms with E-state index in [2.05, 4.69) is 20.9 Å². The molecule has 5 heteroatoms. The van der Waals surface area contributed by atoms with Crippen molar-refractivity contribution >= 4 is 22.0 Å². The van der Waals surface area contributed by atoms with Crippen LogP contribution in [0.3, 0.4) is 0 Å². The summed E-state index contributed by atoms with van der Waals surface area (Å²) in [6, 6.07) is 2.08. The molecule has 2 amide bonds. The summed E-state index contributed by atoms with van der Waals surface area (Å²) in [4.78, 5) is 19.2. The van der Waals surface area contributed by atoms with Crippen molar-refractivity contribution in [2.24, 2.45) is 0 Å². The average Bonchev–Trinajstić information content (AvgIpc) is 2.50. The Bertz CT molecular complexity index is 383. The normalized spacial score (nSPS) is 16.3. The van der Waals surface area contributed by atoms with E-state index in [1.54, 1.807) is 17.3 Å². The van der Waals surface area contributed by atoms with Crippen LogP contribution in [0.1, 0.15) is 5.56 Å². The highest BCUT2D eigenvalue weighted by Gasteiger charge is 2.24. The van der Waals surface area contributed by atoms with Crippen LogP contribution in [0, 0.1) is 0 Å². The fraction of sp³-hybridized carbons (Fsp3) is 0.400. The minimum Gasteiger partial charge on any atom is -0.326 e. The minimum atomic E-state index is 0.0926. The van der Waals surface area contributed by atoms with E-state index in [0.29, 0.717) is 6.54 Å². The molecule has 0 N–H and O–H groups in total. The fourth-order valence-corrected chi connectivity index (χ4v) is 2.03. The molecule has 0 radical (unpaired) electrons. The molecule has 0 unspecified atom stereocenters. The summed E-state index contributed by atoms with van der Waals surface area (Å²) in [5.41, 5.74) is 1.05. The Labute approximate surface area is 97.0 Å². The van der Waals surface area contributed by atoms with Crippen molar-refractivity contribution in [2.75, 3.05) is 20.1 Å². The molecule has 0 aromatic carbocycles. The van der Waals surface area contributed by atoms with Crippen LogP contribution in [0.5, 0.6) is 0 Å². The predicted molar refractivity (Wildman–Crippen MR) is 60.4 cm³/mol. The first-order valence-corrected chi connectivity index (χ1v) is 5.55. The number of hydrogen-bond acceptors (Lipinski definition) is 2. The molecule has 1 aliphatic rings. The SMILES string of the molecule is CN1CCN(Cc2cncc(Br)c2)C1=O. The second-order valence-electron chi connectivity index (χ2n) is 3.64. The van der Waals surface area contributed by atoms with Gasteiger partial charge in [-0.05, 0) is 27.6 Å². The number of hydrogen-bond donors (Lipinski definition) is 0. The minimum absolute atomic E-state index is 0.0926. The Kier molecular flexibility index (Phi) is 2.90. The van der Waals surface area contributed by atoms with Crippen LogP contribution in [0.4, 0.5) is 4.79 Å². The Morgan fingerprint density at radius 1 is 1.47 bits per heavy atom. The van der Waals surface area contributed by atoms with Gasteiger partial charge in [0.05, 0.1) is 0 Å². The lowest BCUT2D eigenvalue weighted by Crippen LogP contribution is -2.28. The zero-order valence-electron chi connectivity index (χ0n) is 8.48. The maximum atomic E-state index is 11.6. The van der Waals surface area contributed by atoms with Gasteiger partial charge in [0.15, 0.2) is 0 Å². The van der Waals surface area contributed by atoms with Crippen molar-refractivity contribution in [1.29, 1.82) is 0 Å². The maximum Gasteiger partial charge on any atom is 0.320 e. The molecule has 0 atom stereocenters. The molecule has 1 aromatic heterocycles. The molecular formula is C10H12BrN3O. The van der Waals surface area contributed by atoms with E-state index in [9.17, 15) is 4.79 Å². The number of halogens is 1. The number of aromatic nitrogens is 1. The second kappa shape index (κ2) is 4.18. The number of likely N-dealkylation sites (N-methyl/N-ethyl adjacent to an activating group) is 1. The Balaban J connectivity index is 2.06. The standard InChI is InChI=1S/C10H12BrN3O/c1-13-2-3-14(10(13)15)7-8-4-9(11)6-12-5-8/h4-6H,2-3,7H2,1H3. The van der Waals surface area contributed by atoms with E-state index in [0.717, 1.165) is 23.1 Å². The topological polar surface area (TPSA) is 36.4 Å². The summed E-state index contributed by atoms with van der Waals surface area (Å²) in [5.74, 6) is 0. The van der Waals surface area contributed by atoms with Crippen LogP contribution in [-0.2, 0) is 6.54 Å². The largest absolute Gasteiger partial charge is 0.326 e. The average molecular weight is 270 g/mol. The van der Waals surface area contributed by atoms with Gasteiger partial charge in [-0.2, -0.15) is 0 Å². The second-order valence-corrected chi connectivity index (χ2v) is 4.55. The highest BCUT2D eigenvalue weighted by molar-refractivity contribution is 9.10. The number of pyridine rings is 1. The van der Waals surface area contributed by atoms with E-state index >= 15 is 0 Å². The van der Waals surface area contributed by atoms with Gasteiger partial charge in [-0.15, -0.1) is 0 Å². The highest BCUT2D eigenvalue weighted by atomic mass is 79.9. The molecular weight excluding hydrogens is 258 g/mol. The van der Waals surface area contributed by atoms with Crippen LogP contribution >= 0.6 is 15.9 Å². The smallest absolute Gasteiger partial charge is 0.320 e. The number of rotatable bonds is 2. The van der Waals surface area contributed by atoms with Gasteiger partial charge in [0.1, 0.15) is 0 Å². The first-order valence-electron chi connectivity index (χ1n) is 4.76. The highest BCUT2D eigenvalue weighted by Crippen LogP contribution is 2.14. The fourth-order valence-electron chi connectivity index (χ4n) is 1.61. The first-order chi connectivity index (χ1) is 7.16. The molecule has 0 saturated carbocycles. The summed E-state index contributed by atoms with van der Waals surface area (Å²) in [6.45, 7) is 2.23. The third kappa shape index (κ3) is 2.28. The van der Waals surface area contributed by atoms with E-state index in [-0.39, 0.29) is 6.03 Å². The van der Waals surface area contributed by atoms with E-state index in [1.165, 1.54) is 0 Å². The van der Waals surface area contributed by atoms with Crippen molar-refractivity contribution in [1.82, 2.24) is 14.8 Å². The van der Waals surface area contributed by atoms with Gasteiger partial charge in [0.25, 0.3) is 0 Å². The number of urea groups is 1. The van der Waals surface area contributed by atoms with Crippen molar-refractivity contribution in [3.05, 3.63) is 28.5 Å². The zero-order valence-corrected chi connectivity index (χ0v) is 10.1. The Morgan fingerprint density at radius 3 is 2.87 bits per heavy atom. The van der Waals surface area contributed by atoms with Gasteiger partial charge < -0.3 is 9.80 Å². The van der Waals surface area contributed by atoms with Crippen molar-refractivity contribution < 1.29 is 4.79 Å². The monoisotopic (exact) mass is 269 g/mol. The van der Waals surface area contributed by atoms with Crippen LogP contribution in [0.2, 0.25) is 0 Å². The van der Waals surface area contributed by atoms with E-state index in [4.69, 9.17) is 0 Å². The van der Waals surface area contributed by atoms with Gasteiger partial charge in [-0.25, -0.2) is 4.79 Å². The molecule has 0 bridgehead atoms. The summed E-state index contributed by atoms with van der Waals surface area (Å²) in [5, 5.41) is 0. The molecule has 0 spiro atoms. The van der Waals surface area contributed by atoms with Crippen LogP contribution in [0.15, 0.2) is 22.9 Å². The summed E-state index contributed by atoms with van der Waals surface area (Å²) >= 11 is 3.36. The third-order valence-corrected chi connectivity index (χ3v) is 2.87. The molecule has 1 aromatic rings. The third-order valence-electron chi connectivity index (χ3n) is 2.44. The molecule has 1 fully saturated rings. The van der Waals surface area contributed by atoms with Gasteiger partial charge in [-0.1, -0.05) is 0 Å². The molecule has 2 heterocycles. The molecule has 0 aliphatic carbocycles. The van der Waals surface area contributed by atoms with Crippen LogP contribution in [-0.4, -0.2) is 41.0 Å². The number of carbonyl (C=O) groups is 1. The van der Waals surface area contributed by atoms with Crippen molar-refractivity contribution in [2.45, 2.75) is 6.54 Å². The van der Waals surface area contributed by atoms with Gasteiger partial charge in [0, 0.05) is 43.5 Å². The number of carbonyl (C=O) groups excluding carboxylic acids is 1. The molecule has 1 saturated heterocycles. The number of nitrogens with zero attached hydrogens (tertiary/aromatic N) is 3. The van der Waals surface area contributed by atoms with Crippen LogP contribution in [0.25, 0.3) is 0 Å². The lowest BCUT2D eigenvalue weighted by Gasteiger charge is -2.15. The molecule has 15 heavy (non-hydrogen) atoms. The zero-order chi connectivity index (χ0) is 10.8. The quantitative estimate of drug-likeness (QED) is 0.820. The Morgan fingerprint density at radius 2 is 2.27 bits per heavy atom. The lowest BCUT2D eigenvalue weighted by molar-refractivity contribution is 0.197. The molecule has 4 nitrogen and oxygen atoms in total.